The van der Waals surface area contributed by atoms with E-state index in [0.29, 0.717) is 0 Å². The molecule has 1 aromatic heterocycles. The van der Waals surface area contributed by atoms with Crippen LogP contribution in [-0.2, 0) is 14.3 Å². The topological polar surface area (TPSA) is 137 Å². The number of nitrogen functional groups attached to an aromatic ring is 1. The summed E-state index contributed by atoms with van der Waals surface area (Å²) in [5, 5.41) is 20.1. The van der Waals surface area contributed by atoms with Crippen LogP contribution in [0.2, 0.25) is 0 Å². The first-order chi connectivity index (χ1) is 10.6. The van der Waals surface area contributed by atoms with Gasteiger partial charge in [0.05, 0.1) is 5.41 Å². The highest BCUT2D eigenvalue weighted by Gasteiger charge is 2.45. The lowest BCUT2D eigenvalue weighted by molar-refractivity contribution is -0.159. The SMILES string of the molecule is CC(C)(C)C(=O)OC[C@@H]1O[C@H](n2ccc(N)nc2=O)[C@H](O)[C@H]1O. The lowest BCUT2D eigenvalue weighted by Crippen LogP contribution is -2.37. The molecular weight excluding hydrogens is 306 g/mol. The number of anilines is 1. The second kappa shape index (κ2) is 6.26. The van der Waals surface area contributed by atoms with E-state index in [1.54, 1.807) is 20.8 Å². The summed E-state index contributed by atoms with van der Waals surface area (Å²) in [6.07, 6.45) is -3.45. The quantitative estimate of drug-likeness (QED) is 0.603. The Kier molecular flexibility index (Phi) is 4.73. The maximum atomic E-state index is 11.8. The number of carbonyl (C=O) groups excluding carboxylic acids is 1. The average molecular weight is 327 g/mol. The van der Waals surface area contributed by atoms with Gasteiger partial charge in [0.25, 0.3) is 0 Å². The monoisotopic (exact) mass is 327 g/mol. The van der Waals surface area contributed by atoms with E-state index in [4.69, 9.17) is 15.2 Å². The number of aliphatic hydroxyl groups excluding tert-OH is 2. The summed E-state index contributed by atoms with van der Waals surface area (Å²) >= 11 is 0. The Bertz CT molecular complexity index is 638. The number of carbonyl (C=O) groups is 1. The Morgan fingerprint density at radius 1 is 1.43 bits per heavy atom. The Balaban J connectivity index is 2.09. The van der Waals surface area contributed by atoms with Crippen LogP contribution in [0.5, 0.6) is 0 Å². The van der Waals surface area contributed by atoms with Gasteiger partial charge in [-0.15, -0.1) is 0 Å². The van der Waals surface area contributed by atoms with Crippen LogP contribution < -0.4 is 11.4 Å². The Morgan fingerprint density at radius 3 is 2.65 bits per heavy atom. The first-order valence-electron chi connectivity index (χ1n) is 7.14. The molecule has 0 saturated carbocycles. The smallest absolute Gasteiger partial charge is 0.351 e. The number of aromatic nitrogens is 2. The minimum Gasteiger partial charge on any atom is -0.462 e. The van der Waals surface area contributed by atoms with Crippen LogP contribution in [0.3, 0.4) is 0 Å². The Morgan fingerprint density at radius 2 is 2.09 bits per heavy atom. The molecule has 0 unspecified atom stereocenters. The van der Waals surface area contributed by atoms with Gasteiger partial charge in [-0.2, -0.15) is 4.98 Å². The van der Waals surface area contributed by atoms with Crippen molar-refractivity contribution in [1.29, 1.82) is 0 Å². The summed E-state index contributed by atoms with van der Waals surface area (Å²) in [6.45, 7) is 4.84. The number of nitrogens with two attached hydrogens (primary N) is 1. The number of hydrogen-bond acceptors (Lipinski definition) is 8. The van der Waals surface area contributed by atoms with Crippen LogP contribution in [0.1, 0.15) is 27.0 Å². The maximum absolute atomic E-state index is 11.8. The minimum atomic E-state index is -1.36. The average Bonchev–Trinajstić information content (AvgIpc) is 2.72. The number of rotatable bonds is 3. The lowest BCUT2D eigenvalue weighted by atomic mass is 9.97. The summed E-state index contributed by atoms with van der Waals surface area (Å²) in [5.41, 5.74) is 3.99. The molecule has 0 radical (unpaired) electrons. The standard InChI is InChI=1S/C14H21N3O6/c1-14(2,3)12(20)22-6-7-9(18)10(19)11(23-7)17-5-4-8(15)16-13(17)21/h4-5,7,9-11,18-19H,6H2,1-3H3,(H2,15,16,21)/t7-,9-,10+,11-/m0/s1. The predicted octanol–water partition coefficient (Wildman–Crippen LogP) is -0.966. The van der Waals surface area contributed by atoms with Gasteiger partial charge in [0, 0.05) is 6.20 Å². The van der Waals surface area contributed by atoms with Crippen molar-refractivity contribution in [2.45, 2.75) is 45.3 Å². The first kappa shape index (κ1) is 17.4. The van der Waals surface area contributed by atoms with E-state index >= 15 is 0 Å². The molecular formula is C14H21N3O6. The Labute approximate surface area is 132 Å². The normalized spacial score (nSPS) is 27.9. The number of ether oxygens (including phenoxy) is 2. The second-order valence-corrected chi connectivity index (χ2v) is 6.44. The van der Waals surface area contributed by atoms with Crippen molar-refractivity contribution in [3.8, 4) is 0 Å². The molecule has 9 nitrogen and oxygen atoms in total. The van der Waals surface area contributed by atoms with Crippen molar-refractivity contribution in [2.24, 2.45) is 5.41 Å². The predicted molar refractivity (Wildman–Crippen MR) is 79.2 cm³/mol. The van der Waals surface area contributed by atoms with Crippen molar-refractivity contribution in [2.75, 3.05) is 12.3 Å². The van der Waals surface area contributed by atoms with Gasteiger partial charge < -0.3 is 25.4 Å². The van der Waals surface area contributed by atoms with E-state index in [-0.39, 0.29) is 12.4 Å². The first-order valence-corrected chi connectivity index (χ1v) is 7.14. The van der Waals surface area contributed by atoms with Gasteiger partial charge in [-0.25, -0.2) is 4.79 Å². The molecule has 0 amide bonds. The van der Waals surface area contributed by atoms with Crippen LogP contribution in [0.15, 0.2) is 17.1 Å². The van der Waals surface area contributed by atoms with E-state index in [2.05, 4.69) is 4.98 Å². The molecule has 1 aliphatic rings. The molecule has 1 aliphatic heterocycles. The minimum absolute atomic E-state index is 0.0370. The van der Waals surface area contributed by atoms with E-state index in [0.717, 1.165) is 4.57 Å². The van der Waals surface area contributed by atoms with Gasteiger partial charge in [0.1, 0.15) is 30.7 Å². The van der Waals surface area contributed by atoms with E-state index in [9.17, 15) is 19.8 Å². The van der Waals surface area contributed by atoms with Crippen molar-refractivity contribution in [3.63, 3.8) is 0 Å². The number of nitrogens with zero attached hydrogens (tertiary/aromatic N) is 2. The summed E-state index contributed by atoms with van der Waals surface area (Å²) in [6, 6.07) is 1.37. The molecule has 2 heterocycles. The third-order valence-corrected chi connectivity index (χ3v) is 3.45. The Hall–Kier alpha value is -1.97. The van der Waals surface area contributed by atoms with Gasteiger partial charge in [0.15, 0.2) is 6.23 Å². The molecule has 0 bridgehead atoms. The third kappa shape index (κ3) is 3.69. The third-order valence-electron chi connectivity index (χ3n) is 3.45. The maximum Gasteiger partial charge on any atom is 0.351 e. The summed E-state index contributed by atoms with van der Waals surface area (Å²) < 4.78 is 11.6. The van der Waals surface area contributed by atoms with Gasteiger partial charge in [0.2, 0.25) is 0 Å². The fourth-order valence-electron chi connectivity index (χ4n) is 2.09. The molecule has 1 aromatic rings. The van der Waals surface area contributed by atoms with Gasteiger partial charge in [-0.3, -0.25) is 9.36 Å². The zero-order chi connectivity index (χ0) is 17.4. The number of esters is 1. The molecule has 128 valence electrons. The highest BCUT2D eigenvalue weighted by Crippen LogP contribution is 2.29. The molecule has 1 fully saturated rings. The van der Waals surface area contributed by atoms with Gasteiger partial charge in [-0.1, -0.05) is 0 Å². The van der Waals surface area contributed by atoms with Crippen LogP contribution in [-0.4, -0.2) is 50.7 Å². The number of aliphatic hydroxyl groups is 2. The zero-order valence-electron chi connectivity index (χ0n) is 13.2. The fourth-order valence-corrected chi connectivity index (χ4v) is 2.09. The molecule has 4 N–H and O–H groups in total. The molecule has 1 saturated heterocycles. The van der Waals surface area contributed by atoms with E-state index < -0.39 is 41.6 Å². The highest BCUT2D eigenvalue weighted by molar-refractivity contribution is 5.75. The summed E-state index contributed by atoms with van der Waals surface area (Å²) in [4.78, 5) is 27.1. The molecule has 4 atom stereocenters. The fraction of sp³-hybridized carbons (Fsp3) is 0.643. The number of hydrogen-bond donors (Lipinski definition) is 3. The van der Waals surface area contributed by atoms with Gasteiger partial charge in [-0.05, 0) is 26.8 Å². The van der Waals surface area contributed by atoms with Crippen LogP contribution in [0.4, 0.5) is 5.82 Å². The molecule has 2 rings (SSSR count). The van der Waals surface area contributed by atoms with Crippen LogP contribution in [0.25, 0.3) is 0 Å². The van der Waals surface area contributed by atoms with E-state index in [1.807, 2.05) is 0 Å². The molecule has 9 heteroatoms. The highest BCUT2D eigenvalue weighted by atomic mass is 16.6. The zero-order valence-corrected chi connectivity index (χ0v) is 13.2. The van der Waals surface area contributed by atoms with E-state index in [1.165, 1.54) is 12.3 Å². The molecule has 0 aromatic carbocycles. The van der Waals surface area contributed by atoms with Crippen LogP contribution in [0, 0.1) is 5.41 Å². The van der Waals surface area contributed by atoms with Crippen molar-refractivity contribution < 1.29 is 24.5 Å². The van der Waals surface area contributed by atoms with Crippen molar-refractivity contribution in [3.05, 3.63) is 22.7 Å². The lowest BCUT2D eigenvalue weighted by Gasteiger charge is -2.20. The second-order valence-electron chi connectivity index (χ2n) is 6.44. The van der Waals surface area contributed by atoms with Gasteiger partial charge >= 0.3 is 11.7 Å². The molecule has 23 heavy (non-hydrogen) atoms. The molecule has 0 aliphatic carbocycles. The van der Waals surface area contributed by atoms with Crippen LogP contribution >= 0.6 is 0 Å². The van der Waals surface area contributed by atoms with Crippen molar-refractivity contribution in [1.82, 2.24) is 9.55 Å². The molecule has 0 spiro atoms. The summed E-state index contributed by atoms with van der Waals surface area (Å²) in [5.74, 6) is -0.424. The summed E-state index contributed by atoms with van der Waals surface area (Å²) in [7, 11) is 0. The van der Waals surface area contributed by atoms with Crippen molar-refractivity contribution >= 4 is 11.8 Å². The largest absolute Gasteiger partial charge is 0.462 e.